The Morgan fingerprint density at radius 2 is 1.82 bits per heavy atom. The van der Waals surface area contributed by atoms with Crippen molar-refractivity contribution in [2.24, 2.45) is 5.41 Å². The molecule has 4 heteroatoms. The van der Waals surface area contributed by atoms with Crippen LogP contribution in [0.15, 0.2) is 0 Å². The predicted molar refractivity (Wildman–Crippen MR) is 73.4 cm³/mol. The summed E-state index contributed by atoms with van der Waals surface area (Å²) in [5, 5.41) is 0. The number of amides is 1. The van der Waals surface area contributed by atoms with Gasteiger partial charge in [-0.25, -0.2) is 0 Å². The lowest BCUT2D eigenvalue weighted by molar-refractivity contribution is -0.134. The normalized spacial score (nSPS) is 24.1. The molecule has 1 amide bonds. The molecule has 0 bridgehead atoms. The summed E-state index contributed by atoms with van der Waals surface area (Å²) in [6.07, 6.45) is 3.10. The molecule has 17 heavy (non-hydrogen) atoms. The molecule has 0 aromatic carbocycles. The lowest BCUT2D eigenvalue weighted by Crippen LogP contribution is -2.51. The van der Waals surface area contributed by atoms with Gasteiger partial charge in [0, 0.05) is 38.6 Å². The van der Waals surface area contributed by atoms with Gasteiger partial charge in [-0.05, 0) is 37.9 Å². The summed E-state index contributed by atoms with van der Waals surface area (Å²) in [5.41, 5.74) is 0.259. The molecule has 0 aromatic rings. The van der Waals surface area contributed by atoms with Gasteiger partial charge < -0.3 is 4.90 Å². The Bertz CT molecular complexity index is 281. The highest BCUT2D eigenvalue weighted by atomic mass is 32.1. The molecule has 0 N–H and O–H groups in total. The van der Waals surface area contributed by atoms with Gasteiger partial charge in [0.2, 0.25) is 5.91 Å². The van der Waals surface area contributed by atoms with E-state index in [1.807, 2.05) is 4.90 Å². The molecule has 3 nitrogen and oxygen atoms in total. The average Bonchev–Trinajstić information content (AvgIpc) is 3.09. The van der Waals surface area contributed by atoms with E-state index < -0.39 is 0 Å². The SMILES string of the molecule is CC(C)N1CCN(C(=O)CC2(CS)CC2)CC1. The van der Waals surface area contributed by atoms with E-state index in [1.54, 1.807) is 0 Å². The van der Waals surface area contributed by atoms with Gasteiger partial charge in [0.15, 0.2) is 0 Å². The first kappa shape index (κ1) is 13.2. The van der Waals surface area contributed by atoms with Crippen LogP contribution in [0.5, 0.6) is 0 Å². The van der Waals surface area contributed by atoms with Gasteiger partial charge in [-0.3, -0.25) is 9.69 Å². The first-order valence-electron chi connectivity index (χ1n) is 6.69. The van der Waals surface area contributed by atoms with E-state index in [9.17, 15) is 4.79 Å². The summed E-state index contributed by atoms with van der Waals surface area (Å²) in [7, 11) is 0. The zero-order valence-electron chi connectivity index (χ0n) is 11.0. The van der Waals surface area contributed by atoms with E-state index >= 15 is 0 Å². The molecule has 2 fully saturated rings. The smallest absolute Gasteiger partial charge is 0.223 e. The molecule has 1 heterocycles. The first-order valence-corrected chi connectivity index (χ1v) is 7.32. The minimum absolute atomic E-state index is 0.259. The molecule has 1 aliphatic heterocycles. The monoisotopic (exact) mass is 256 g/mol. The van der Waals surface area contributed by atoms with E-state index in [1.165, 1.54) is 12.8 Å². The summed E-state index contributed by atoms with van der Waals surface area (Å²) >= 11 is 4.36. The Labute approximate surface area is 110 Å². The largest absolute Gasteiger partial charge is 0.340 e. The van der Waals surface area contributed by atoms with Crippen molar-refractivity contribution in [3.63, 3.8) is 0 Å². The molecule has 1 saturated heterocycles. The first-order chi connectivity index (χ1) is 8.06. The Balaban J connectivity index is 1.78. The van der Waals surface area contributed by atoms with Gasteiger partial charge >= 0.3 is 0 Å². The highest BCUT2D eigenvalue weighted by Gasteiger charge is 2.43. The Kier molecular flexibility index (Phi) is 4.03. The second-order valence-electron chi connectivity index (χ2n) is 5.85. The van der Waals surface area contributed by atoms with Crippen LogP contribution in [-0.4, -0.2) is 53.7 Å². The fourth-order valence-corrected chi connectivity index (χ4v) is 2.92. The zero-order valence-corrected chi connectivity index (χ0v) is 11.9. The van der Waals surface area contributed by atoms with Crippen molar-refractivity contribution >= 4 is 18.5 Å². The van der Waals surface area contributed by atoms with Gasteiger partial charge in [-0.15, -0.1) is 0 Å². The summed E-state index contributed by atoms with van der Waals surface area (Å²) in [4.78, 5) is 16.6. The van der Waals surface area contributed by atoms with Crippen LogP contribution in [0.25, 0.3) is 0 Å². The fraction of sp³-hybridized carbons (Fsp3) is 0.923. The number of carbonyl (C=O) groups excluding carboxylic acids is 1. The van der Waals surface area contributed by atoms with E-state index in [-0.39, 0.29) is 5.41 Å². The van der Waals surface area contributed by atoms with Crippen LogP contribution in [0, 0.1) is 5.41 Å². The van der Waals surface area contributed by atoms with E-state index in [0.29, 0.717) is 11.9 Å². The highest BCUT2D eigenvalue weighted by Crippen LogP contribution is 2.49. The zero-order chi connectivity index (χ0) is 12.5. The molecule has 0 radical (unpaired) electrons. The minimum atomic E-state index is 0.259. The second kappa shape index (κ2) is 5.19. The van der Waals surface area contributed by atoms with Crippen molar-refractivity contribution in [3.05, 3.63) is 0 Å². The van der Waals surface area contributed by atoms with Crippen molar-refractivity contribution in [1.29, 1.82) is 0 Å². The van der Waals surface area contributed by atoms with Crippen LogP contribution in [0.1, 0.15) is 33.1 Å². The molecule has 1 saturated carbocycles. The van der Waals surface area contributed by atoms with Crippen molar-refractivity contribution in [2.75, 3.05) is 31.9 Å². The predicted octanol–water partition coefficient (Wildman–Crippen LogP) is 1.64. The van der Waals surface area contributed by atoms with E-state index in [4.69, 9.17) is 0 Å². The average molecular weight is 256 g/mol. The lowest BCUT2D eigenvalue weighted by atomic mass is 10.0. The number of thiol groups is 1. The molecule has 0 unspecified atom stereocenters. The summed E-state index contributed by atoms with van der Waals surface area (Å²) < 4.78 is 0. The van der Waals surface area contributed by atoms with E-state index in [0.717, 1.165) is 38.4 Å². The molecule has 2 rings (SSSR count). The van der Waals surface area contributed by atoms with Crippen molar-refractivity contribution in [1.82, 2.24) is 9.80 Å². The molecule has 0 spiro atoms. The highest BCUT2D eigenvalue weighted by molar-refractivity contribution is 7.80. The maximum atomic E-state index is 12.2. The Morgan fingerprint density at radius 1 is 1.24 bits per heavy atom. The summed E-state index contributed by atoms with van der Waals surface area (Å²) in [6, 6.07) is 0.597. The maximum Gasteiger partial charge on any atom is 0.223 e. The number of rotatable bonds is 4. The van der Waals surface area contributed by atoms with Crippen LogP contribution in [0.4, 0.5) is 0 Å². The van der Waals surface area contributed by atoms with Gasteiger partial charge in [-0.1, -0.05) is 0 Å². The summed E-state index contributed by atoms with van der Waals surface area (Å²) in [5.74, 6) is 1.21. The number of hydrogen-bond acceptors (Lipinski definition) is 3. The molecular weight excluding hydrogens is 232 g/mol. The number of piperazine rings is 1. The molecule has 2 aliphatic rings. The third-order valence-corrected chi connectivity index (χ3v) is 4.89. The Hall–Kier alpha value is -0.220. The van der Waals surface area contributed by atoms with Crippen molar-refractivity contribution in [2.45, 2.75) is 39.2 Å². The number of hydrogen-bond donors (Lipinski definition) is 1. The molecule has 1 aliphatic carbocycles. The molecular formula is C13H24N2OS. The third kappa shape index (κ3) is 3.16. The fourth-order valence-electron chi connectivity index (χ4n) is 2.49. The van der Waals surface area contributed by atoms with Crippen LogP contribution < -0.4 is 0 Å². The van der Waals surface area contributed by atoms with Gasteiger partial charge in [0.25, 0.3) is 0 Å². The number of carbonyl (C=O) groups is 1. The van der Waals surface area contributed by atoms with Crippen LogP contribution >= 0.6 is 12.6 Å². The van der Waals surface area contributed by atoms with Crippen LogP contribution in [0.2, 0.25) is 0 Å². The lowest BCUT2D eigenvalue weighted by Gasteiger charge is -2.37. The van der Waals surface area contributed by atoms with Gasteiger partial charge in [0.1, 0.15) is 0 Å². The third-order valence-electron chi connectivity index (χ3n) is 4.22. The van der Waals surface area contributed by atoms with E-state index in [2.05, 4.69) is 31.4 Å². The molecule has 0 aromatic heterocycles. The van der Waals surface area contributed by atoms with Crippen molar-refractivity contribution < 1.29 is 4.79 Å². The maximum absolute atomic E-state index is 12.2. The van der Waals surface area contributed by atoms with Crippen LogP contribution in [0.3, 0.4) is 0 Å². The Morgan fingerprint density at radius 3 is 2.24 bits per heavy atom. The molecule has 98 valence electrons. The quantitative estimate of drug-likeness (QED) is 0.773. The summed E-state index contributed by atoms with van der Waals surface area (Å²) in [6.45, 7) is 8.29. The standard InChI is InChI=1S/C13H24N2OS/c1-11(2)14-5-7-15(8-6-14)12(16)9-13(10-17)3-4-13/h11,17H,3-10H2,1-2H3. The topological polar surface area (TPSA) is 23.6 Å². The van der Waals surface area contributed by atoms with Gasteiger partial charge in [0.05, 0.1) is 0 Å². The molecule has 0 atom stereocenters. The number of nitrogens with zero attached hydrogens (tertiary/aromatic N) is 2. The van der Waals surface area contributed by atoms with Gasteiger partial charge in [-0.2, -0.15) is 12.6 Å². The minimum Gasteiger partial charge on any atom is -0.340 e. The van der Waals surface area contributed by atoms with Crippen LogP contribution in [-0.2, 0) is 4.79 Å². The van der Waals surface area contributed by atoms with Crippen molar-refractivity contribution in [3.8, 4) is 0 Å². The second-order valence-corrected chi connectivity index (χ2v) is 6.16.